The minimum Gasteiger partial charge on any atom is -0.463 e. The van der Waals surface area contributed by atoms with Gasteiger partial charge in [-0.15, -0.1) is 0 Å². The molecule has 0 aromatic carbocycles. The van der Waals surface area contributed by atoms with Gasteiger partial charge in [-0.3, -0.25) is 9.59 Å². The second-order valence-corrected chi connectivity index (χ2v) is 3.87. The zero-order valence-electron chi connectivity index (χ0n) is 10.5. The molecule has 1 saturated heterocycles. The van der Waals surface area contributed by atoms with Crippen LogP contribution in [0, 0.1) is 0 Å². The first-order valence-electron chi connectivity index (χ1n) is 6.26. The van der Waals surface area contributed by atoms with Crippen LogP contribution in [-0.2, 0) is 28.5 Å². The van der Waals surface area contributed by atoms with E-state index in [1.54, 1.807) is 0 Å². The maximum absolute atomic E-state index is 11.2. The topological polar surface area (TPSA) is 71.1 Å². The fraction of sp³-hybridized carbons (Fsp3) is 0.833. The lowest BCUT2D eigenvalue weighted by atomic mass is 10.2. The van der Waals surface area contributed by atoms with Crippen LogP contribution in [0.1, 0.15) is 25.7 Å². The number of rotatable bonds is 0. The van der Waals surface area contributed by atoms with Crippen molar-refractivity contribution in [1.82, 2.24) is 0 Å². The van der Waals surface area contributed by atoms with Gasteiger partial charge in [0.05, 0.1) is 26.4 Å². The van der Waals surface area contributed by atoms with Crippen molar-refractivity contribution >= 4 is 11.9 Å². The molecular formula is C12H20O6. The Morgan fingerprint density at radius 2 is 1.00 bits per heavy atom. The lowest BCUT2D eigenvalue weighted by Crippen LogP contribution is -2.16. The van der Waals surface area contributed by atoms with Gasteiger partial charge in [0.15, 0.2) is 0 Å². The SMILES string of the molecule is O=C1CCCCC(=O)OCCOCCOCCO1. The summed E-state index contributed by atoms with van der Waals surface area (Å²) in [7, 11) is 0. The summed E-state index contributed by atoms with van der Waals surface area (Å²) in [6.07, 6.45) is 1.92. The van der Waals surface area contributed by atoms with E-state index in [1.807, 2.05) is 0 Å². The predicted molar refractivity (Wildman–Crippen MR) is 62.0 cm³/mol. The average molecular weight is 260 g/mol. The van der Waals surface area contributed by atoms with Crippen molar-refractivity contribution in [3.8, 4) is 0 Å². The van der Waals surface area contributed by atoms with Gasteiger partial charge in [0, 0.05) is 12.8 Å². The summed E-state index contributed by atoms with van der Waals surface area (Å²) >= 11 is 0. The molecular weight excluding hydrogens is 240 g/mol. The van der Waals surface area contributed by atoms with Crippen molar-refractivity contribution in [3.05, 3.63) is 0 Å². The summed E-state index contributed by atoms with van der Waals surface area (Å²) in [5.74, 6) is -0.509. The lowest BCUT2D eigenvalue weighted by Gasteiger charge is -2.09. The molecule has 0 spiro atoms. The van der Waals surface area contributed by atoms with E-state index in [9.17, 15) is 9.59 Å². The van der Waals surface area contributed by atoms with Crippen LogP contribution in [0.4, 0.5) is 0 Å². The van der Waals surface area contributed by atoms with Crippen molar-refractivity contribution in [2.75, 3.05) is 39.6 Å². The van der Waals surface area contributed by atoms with Gasteiger partial charge in [-0.1, -0.05) is 0 Å². The molecule has 1 fully saturated rings. The summed E-state index contributed by atoms with van der Waals surface area (Å²) < 4.78 is 20.3. The molecule has 104 valence electrons. The summed E-state index contributed by atoms with van der Waals surface area (Å²) in [5.41, 5.74) is 0. The van der Waals surface area contributed by atoms with Crippen LogP contribution in [-0.4, -0.2) is 51.6 Å². The molecule has 0 unspecified atom stereocenters. The Morgan fingerprint density at radius 3 is 1.44 bits per heavy atom. The Labute approximate surface area is 107 Å². The van der Waals surface area contributed by atoms with Gasteiger partial charge in [-0.2, -0.15) is 0 Å². The Bertz CT molecular complexity index is 227. The fourth-order valence-electron chi connectivity index (χ4n) is 1.43. The lowest BCUT2D eigenvalue weighted by molar-refractivity contribution is -0.148. The van der Waals surface area contributed by atoms with E-state index < -0.39 is 0 Å². The number of esters is 2. The fourth-order valence-corrected chi connectivity index (χ4v) is 1.43. The van der Waals surface area contributed by atoms with Gasteiger partial charge in [0.25, 0.3) is 0 Å². The number of hydrogen-bond acceptors (Lipinski definition) is 6. The van der Waals surface area contributed by atoms with Gasteiger partial charge in [0.2, 0.25) is 0 Å². The smallest absolute Gasteiger partial charge is 0.305 e. The highest BCUT2D eigenvalue weighted by atomic mass is 16.6. The van der Waals surface area contributed by atoms with E-state index in [1.165, 1.54) is 0 Å². The summed E-state index contributed by atoms with van der Waals surface area (Å²) in [6.45, 7) is 2.16. The summed E-state index contributed by atoms with van der Waals surface area (Å²) in [5, 5.41) is 0. The Balaban J connectivity index is 2.22. The number of hydrogen-bond donors (Lipinski definition) is 0. The molecule has 6 nitrogen and oxygen atoms in total. The highest BCUT2D eigenvalue weighted by Crippen LogP contribution is 2.03. The number of ether oxygens (including phenoxy) is 4. The minimum atomic E-state index is -0.254. The van der Waals surface area contributed by atoms with Crippen molar-refractivity contribution in [3.63, 3.8) is 0 Å². The van der Waals surface area contributed by atoms with Gasteiger partial charge < -0.3 is 18.9 Å². The molecule has 0 bridgehead atoms. The monoisotopic (exact) mass is 260 g/mol. The van der Waals surface area contributed by atoms with Crippen LogP contribution in [0.25, 0.3) is 0 Å². The molecule has 0 radical (unpaired) electrons. The van der Waals surface area contributed by atoms with E-state index in [0.717, 1.165) is 0 Å². The first-order valence-corrected chi connectivity index (χ1v) is 6.26. The molecule has 0 aromatic heterocycles. The molecule has 1 aliphatic heterocycles. The zero-order chi connectivity index (χ0) is 13.1. The van der Waals surface area contributed by atoms with Crippen molar-refractivity contribution in [1.29, 1.82) is 0 Å². The van der Waals surface area contributed by atoms with Crippen LogP contribution >= 0.6 is 0 Å². The average Bonchev–Trinajstić information content (AvgIpc) is 2.35. The van der Waals surface area contributed by atoms with Crippen LogP contribution in [0.3, 0.4) is 0 Å². The van der Waals surface area contributed by atoms with Crippen molar-refractivity contribution < 1.29 is 28.5 Å². The quantitative estimate of drug-likeness (QED) is 0.596. The van der Waals surface area contributed by atoms with Gasteiger partial charge in [0.1, 0.15) is 13.2 Å². The molecule has 1 aliphatic rings. The van der Waals surface area contributed by atoms with Gasteiger partial charge in [-0.25, -0.2) is 0 Å². The van der Waals surface area contributed by atoms with E-state index in [-0.39, 0.29) is 25.2 Å². The third-order valence-corrected chi connectivity index (χ3v) is 2.37. The molecule has 0 aliphatic carbocycles. The van der Waals surface area contributed by atoms with Gasteiger partial charge >= 0.3 is 11.9 Å². The maximum atomic E-state index is 11.2. The number of cyclic esters (lactones) is 2. The van der Waals surface area contributed by atoms with E-state index >= 15 is 0 Å². The molecule has 0 aromatic rings. The van der Waals surface area contributed by atoms with E-state index in [2.05, 4.69) is 0 Å². The van der Waals surface area contributed by atoms with Crippen LogP contribution in [0.2, 0.25) is 0 Å². The van der Waals surface area contributed by atoms with Crippen LogP contribution < -0.4 is 0 Å². The normalized spacial score (nSPS) is 22.0. The summed E-state index contributed by atoms with van der Waals surface area (Å²) in [6, 6.07) is 0. The number of carbonyl (C=O) groups is 2. The Morgan fingerprint density at radius 1 is 0.611 bits per heavy atom. The van der Waals surface area contributed by atoms with E-state index in [4.69, 9.17) is 18.9 Å². The first-order chi connectivity index (χ1) is 8.79. The predicted octanol–water partition coefficient (Wildman–Crippen LogP) is 0.680. The van der Waals surface area contributed by atoms with Crippen LogP contribution in [0.15, 0.2) is 0 Å². The Hall–Kier alpha value is -1.14. The number of carbonyl (C=O) groups excluding carboxylic acids is 2. The maximum Gasteiger partial charge on any atom is 0.305 e. The summed E-state index contributed by atoms with van der Waals surface area (Å²) in [4.78, 5) is 22.5. The van der Waals surface area contributed by atoms with E-state index in [0.29, 0.717) is 52.1 Å². The zero-order valence-corrected chi connectivity index (χ0v) is 10.5. The Kier molecular flexibility index (Phi) is 8.16. The molecule has 0 atom stereocenters. The third kappa shape index (κ3) is 8.03. The molecule has 1 heterocycles. The largest absolute Gasteiger partial charge is 0.463 e. The van der Waals surface area contributed by atoms with Crippen molar-refractivity contribution in [2.45, 2.75) is 25.7 Å². The second-order valence-electron chi connectivity index (χ2n) is 3.87. The molecule has 0 N–H and O–H groups in total. The van der Waals surface area contributed by atoms with Crippen molar-refractivity contribution in [2.24, 2.45) is 0 Å². The molecule has 6 heteroatoms. The molecule has 1 rings (SSSR count). The van der Waals surface area contributed by atoms with Crippen LogP contribution in [0.5, 0.6) is 0 Å². The molecule has 0 saturated carbocycles. The van der Waals surface area contributed by atoms with Gasteiger partial charge in [-0.05, 0) is 12.8 Å². The highest BCUT2D eigenvalue weighted by Gasteiger charge is 2.06. The second kappa shape index (κ2) is 9.85. The standard InChI is InChI=1S/C12H20O6/c13-11-3-1-2-4-12(14)18-10-8-16-6-5-15-7-9-17-11/h1-10H2. The first kappa shape index (κ1) is 14.9. The minimum absolute atomic E-state index is 0.254. The molecule has 0 amide bonds. The third-order valence-electron chi connectivity index (χ3n) is 2.37. The molecule has 18 heavy (non-hydrogen) atoms. The highest BCUT2D eigenvalue weighted by molar-refractivity contribution is 5.70.